The first-order valence-corrected chi connectivity index (χ1v) is 6.98. The molecule has 0 fully saturated rings. The molecular formula is C15H18F2N4O2. The van der Waals surface area contributed by atoms with Gasteiger partial charge in [-0.05, 0) is 32.9 Å². The molecule has 1 aromatic carbocycles. The van der Waals surface area contributed by atoms with Crippen molar-refractivity contribution in [2.75, 3.05) is 0 Å². The number of carbonyl (C=O) groups is 1. The third-order valence-electron chi connectivity index (χ3n) is 2.94. The predicted octanol–water partition coefficient (Wildman–Crippen LogP) is 1.92. The zero-order valence-corrected chi connectivity index (χ0v) is 13.1. The van der Waals surface area contributed by atoms with Crippen LogP contribution < -0.4 is 10.5 Å². The number of hydrogen-bond acceptors (Lipinski definition) is 4. The van der Waals surface area contributed by atoms with E-state index in [1.807, 2.05) is 20.8 Å². The largest absolute Gasteiger partial charge is 0.483 e. The lowest BCUT2D eigenvalue weighted by Crippen LogP contribution is -2.26. The quantitative estimate of drug-likeness (QED) is 0.911. The second-order valence-corrected chi connectivity index (χ2v) is 6.03. The zero-order chi connectivity index (χ0) is 17.2. The molecule has 0 unspecified atom stereocenters. The van der Waals surface area contributed by atoms with E-state index in [0.29, 0.717) is 5.82 Å². The summed E-state index contributed by atoms with van der Waals surface area (Å²) in [5.74, 6) is -1.44. The number of ether oxygens (including phenoxy) is 1. The van der Waals surface area contributed by atoms with Gasteiger partial charge in [0.1, 0.15) is 12.4 Å². The Morgan fingerprint density at radius 1 is 1.35 bits per heavy atom. The fraction of sp³-hybridized carbons (Fsp3) is 0.400. The van der Waals surface area contributed by atoms with E-state index in [1.165, 1.54) is 6.07 Å². The Kier molecular flexibility index (Phi) is 4.63. The van der Waals surface area contributed by atoms with Gasteiger partial charge < -0.3 is 10.5 Å². The average Bonchev–Trinajstić information content (AvgIpc) is 2.80. The van der Waals surface area contributed by atoms with Crippen molar-refractivity contribution in [1.82, 2.24) is 14.8 Å². The maximum absolute atomic E-state index is 13.6. The molecule has 0 atom stereocenters. The number of carbonyl (C=O) groups excluding carboxylic acids is 1. The number of halogens is 2. The van der Waals surface area contributed by atoms with Gasteiger partial charge >= 0.3 is 0 Å². The lowest BCUT2D eigenvalue weighted by Gasteiger charge is -2.21. The molecule has 2 N–H and O–H groups in total. The van der Waals surface area contributed by atoms with Crippen LogP contribution in [0.1, 0.15) is 32.4 Å². The Morgan fingerprint density at radius 3 is 2.61 bits per heavy atom. The molecule has 2 rings (SSSR count). The number of primary amides is 1. The molecule has 2 aromatic rings. The molecule has 0 saturated carbocycles. The fourth-order valence-electron chi connectivity index (χ4n) is 1.99. The van der Waals surface area contributed by atoms with Crippen molar-refractivity contribution in [3.05, 3.63) is 41.5 Å². The maximum atomic E-state index is 13.6. The fourth-order valence-corrected chi connectivity index (χ4v) is 1.99. The number of hydrogen-bond donors (Lipinski definition) is 1. The summed E-state index contributed by atoms with van der Waals surface area (Å²) in [6, 6.07) is 3.04. The smallest absolute Gasteiger partial charge is 0.225 e. The maximum Gasteiger partial charge on any atom is 0.225 e. The van der Waals surface area contributed by atoms with Gasteiger partial charge in [0.05, 0.1) is 12.0 Å². The summed E-state index contributed by atoms with van der Waals surface area (Å²) in [5, 5.41) is 4.24. The molecule has 1 heterocycles. The SMILES string of the molecule is CC(C)(C)n1nc(CC(N)=O)nc1COc1ccc(F)cc1F. The molecular weight excluding hydrogens is 306 g/mol. The highest BCUT2D eigenvalue weighted by molar-refractivity contribution is 5.75. The third kappa shape index (κ3) is 4.24. The summed E-state index contributed by atoms with van der Waals surface area (Å²) >= 11 is 0. The van der Waals surface area contributed by atoms with E-state index in [-0.39, 0.29) is 24.6 Å². The van der Waals surface area contributed by atoms with Gasteiger partial charge in [-0.15, -0.1) is 0 Å². The lowest BCUT2D eigenvalue weighted by atomic mass is 10.1. The molecule has 0 aliphatic heterocycles. The Bertz CT molecular complexity index is 723. The van der Waals surface area contributed by atoms with Gasteiger partial charge in [-0.2, -0.15) is 5.10 Å². The molecule has 0 bridgehead atoms. The normalized spacial score (nSPS) is 11.5. The summed E-state index contributed by atoms with van der Waals surface area (Å²) in [6.07, 6.45) is -0.0962. The van der Waals surface area contributed by atoms with Gasteiger partial charge in [0.25, 0.3) is 0 Å². The van der Waals surface area contributed by atoms with Crippen LogP contribution in [-0.2, 0) is 23.4 Å². The summed E-state index contributed by atoms with van der Waals surface area (Å²) < 4.78 is 33.4. The van der Waals surface area contributed by atoms with Crippen molar-refractivity contribution < 1.29 is 18.3 Å². The number of rotatable bonds is 5. The highest BCUT2D eigenvalue weighted by Gasteiger charge is 2.22. The summed E-state index contributed by atoms with van der Waals surface area (Å²) in [6.45, 7) is 5.62. The second kappa shape index (κ2) is 6.31. The van der Waals surface area contributed by atoms with Gasteiger partial charge in [0.15, 0.2) is 23.2 Å². The molecule has 1 aromatic heterocycles. The monoisotopic (exact) mass is 324 g/mol. The van der Waals surface area contributed by atoms with Crippen LogP contribution in [0.5, 0.6) is 5.75 Å². The topological polar surface area (TPSA) is 83.0 Å². The van der Waals surface area contributed by atoms with Crippen molar-refractivity contribution in [3.8, 4) is 5.75 Å². The van der Waals surface area contributed by atoms with E-state index in [0.717, 1.165) is 12.1 Å². The minimum absolute atomic E-state index is 0.0778. The van der Waals surface area contributed by atoms with Crippen LogP contribution >= 0.6 is 0 Å². The van der Waals surface area contributed by atoms with Gasteiger partial charge in [0, 0.05) is 6.07 Å². The van der Waals surface area contributed by atoms with Gasteiger partial charge in [-0.3, -0.25) is 4.79 Å². The van der Waals surface area contributed by atoms with Crippen molar-refractivity contribution in [2.45, 2.75) is 39.3 Å². The summed E-state index contributed by atoms with van der Waals surface area (Å²) in [7, 11) is 0. The van der Waals surface area contributed by atoms with E-state index in [2.05, 4.69) is 10.1 Å². The molecule has 23 heavy (non-hydrogen) atoms. The van der Waals surface area contributed by atoms with E-state index in [9.17, 15) is 13.6 Å². The van der Waals surface area contributed by atoms with Crippen LogP contribution in [0, 0.1) is 11.6 Å². The first-order chi connectivity index (χ1) is 10.7. The minimum atomic E-state index is -0.802. The van der Waals surface area contributed by atoms with Crippen molar-refractivity contribution in [3.63, 3.8) is 0 Å². The molecule has 0 saturated heterocycles. The number of aromatic nitrogens is 3. The molecule has 0 spiro atoms. The number of amides is 1. The highest BCUT2D eigenvalue weighted by Crippen LogP contribution is 2.21. The Morgan fingerprint density at radius 2 is 2.04 bits per heavy atom. The van der Waals surface area contributed by atoms with E-state index >= 15 is 0 Å². The Hall–Kier alpha value is -2.51. The molecule has 0 aliphatic rings. The van der Waals surface area contributed by atoms with Crippen LogP contribution in [-0.4, -0.2) is 20.7 Å². The van der Waals surface area contributed by atoms with Gasteiger partial charge in [-0.1, -0.05) is 0 Å². The number of nitrogens with zero attached hydrogens (tertiary/aromatic N) is 3. The average molecular weight is 324 g/mol. The molecule has 124 valence electrons. The standard InChI is InChI=1S/C15H18F2N4O2/c1-15(2,3)21-14(19-13(20-21)7-12(18)22)8-23-11-5-4-9(16)6-10(11)17/h4-6H,7-8H2,1-3H3,(H2,18,22). The van der Waals surface area contributed by atoms with Crippen LogP contribution in [0.4, 0.5) is 8.78 Å². The number of nitrogens with two attached hydrogens (primary N) is 1. The van der Waals surface area contributed by atoms with Crippen LogP contribution in [0.2, 0.25) is 0 Å². The molecule has 1 amide bonds. The van der Waals surface area contributed by atoms with Crippen molar-refractivity contribution in [1.29, 1.82) is 0 Å². The summed E-state index contributed by atoms with van der Waals surface area (Å²) in [5.41, 5.74) is 4.73. The van der Waals surface area contributed by atoms with Crippen LogP contribution in [0.15, 0.2) is 18.2 Å². The number of benzene rings is 1. The summed E-state index contributed by atoms with van der Waals surface area (Å²) in [4.78, 5) is 15.2. The van der Waals surface area contributed by atoms with E-state index < -0.39 is 23.1 Å². The van der Waals surface area contributed by atoms with Gasteiger partial charge in [0.2, 0.25) is 5.91 Å². The molecule has 8 heteroatoms. The highest BCUT2D eigenvalue weighted by atomic mass is 19.1. The predicted molar refractivity (Wildman–Crippen MR) is 78.6 cm³/mol. The minimum Gasteiger partial charge on any atom is -0.483 e. The zero-order valence-electron chi connectivity index (χ0n) is 13.1. The van der Waals surface area contributed by atoms with Crippen LogP contribution in [0.3, 0.4) is 0 Å². The van der Waals surface area contributed by atoms with Crippen LogP contribution in [0.25, 0.3) is 0 Å². The first-order valence-electron chi connectivity index (χ1n) is 6.98. The second-order valence-electron chi connectivity index (χ2n) is 6.03. The molecule has 0 aliphatic carbocycles. The first kappa shape index (κ1) is 16.9. The lowest BCUT2D eigenvalue weighted by molar-refractivity contribution is -0.117. The molecule has 6 nitrogen and oxygen atoms in total. The van der Waals surface area contributed by atoms with E-state index in [1.54, 1.807) is 4.68 Å². The third-order valence-corrected chi connectivity index (χ3v) is 2.94. The van der Waals surface area contributed by atoms with Crippen molar-refractivity contribution in [2.24, 2.45) is 5.73 Å². The van der Waals surface area contributed by atoms with Gasteiger partial charge in [-0.25, -0.2) is 18.4 Å². The Balaban J connectivity index is 2.23. The van der Waals surface area contributed by atoms with E-state index in [4.69, 9.17) is 10.5 Å². The Labute approximate surface area is 132 Å². The molecule has 0 radical (unpaired) electrons. The van der Waals surface area contributed by atoms with Crippen molar-refractivity contribution >= 4 is 5.91 Å².